The standard InChI is InChI=1S/C19H23NO4/c1-13(2)20(22)18(14-5-9-16(23-3)10-6-14)19(21)15-7-11-17(24-4)12-8-15/h5-13,18,22H,1-4H3. The van der Waals surface area contributed by atoms with E-state index in [-0.39, 0.29) is 11.8 Å². The maximum atomic E-state index is 13.0. The Bertz CT molecular complexity index is 665. The van der Waals surface area contributed by atoms with Crippen molar-refractivity contribution in [2.45, 2.75) is 25.9 Å². The maximum Gasteiger partial charge on any atom is 0.186 e. The zero-order valence-electron chi connectivity index (χ0n) is 14.4. The van der Waals surface area contributed by atoms with Crippen LogP contribution in [0.5, 0.6) is 11.5 Å². The van der Waals surface area contributed by atoms with E-state index in [0.717, 1.165) is 5.06 Å². The topological polar surface area (TPSA) is 59.0 Å². The van der Waals surface area contributed by atoms with Gasteiger partial charge in [0.15, 0.2) is 5.78 Å². The number of rotatable bonds is 7. The lowest BCUT2D eigenvalue weighted by atomic mass is 9.96. The molecule has 5 nitrogen and oxygen atoms in total. The van der Waals surface area contributed by atoms with Gasteiger partial charge in [0.2, 0.25) is 0 Å². The number of carbonyl (C=O) groups excluding carboxylic acids is 1. The number of hydroxylamine groups is 2. The molecule has 0 saturated heterocycles. The van der Waals surface area contributed by atoms with Crippen LogP contribution in [0.2, 0.25) is 0 Å². The normalized spacial score (nSPS) is 12.3. The van der Waals surface area contributed by atoms with Crippen molar-refractivity contribution in [3.05, 3.63) is 59.7 Å². The Kier molecular flexibility index (Phi) is 5.95. The molecule has 0 heterocycles. The Morgan fingerprint density at radius 2 is 1.38 bits per heavy atom. The highest BCUT2D eigenvalue weighted by molar-refractivity contribution is 6.00. The molecule has 0 aliphatic rings. The van der Waals surface area contributed by atoms with E-state index >= 15 is 0 Å². The van der Waals surface area contributed by atoms with Crippen LogP contribution in [-0.2, 0) is 0 Å². The first-order valence-electron chi connectivity index (χ1n) is 7.77. The van der Waals surface area contributed by atoms with Crippen LogP contribution in [0, 0.1) is 0 Å². The smallest absolute Gasteiger partial charge is 0.186 e. The van der Waals surface area contributed by atoms with Crippen molar-refractivity contribution < 1.29 is 19.5 Å². The molecule has 128 valence electrons. The summed E-state index contributed by atoms with van der Waals surface area (Å²) in [5.41, 5.74) is 1.21. The molecule has 0 amide bonds. The van der Waals surface area contributed by atoms with E-state index in [0.29, 0.717) is 22.6 Å². The third-order valence-corrected chi connectivity index (χ3v) is 3.85. The first-order chi connectivity index (χ1) is 11.5. The molecule has 1 unspecified atom stereocenters. The minimum atomic E-state index is -0.788. The minimum Gasteiger partial charge on any atom is -0.497 e. The van der Waals surface area contributed by atoms with Crippen molar-refractivity contribution in [2.75, 3.05) is 14.2 Å². The predicted octanol–water partition coefficient (Wildman–Crippen LogP) is 3.73. The summed E-state index contributed by atoms with van der Waals surface area (Å²) in [4.78, 5) is 13.0. The molecule has 2 aromatic carbocycles. The average Bonchev–Trinajstić information content (AvgIpc) is 2.62. The van der Waals surface area contributed by atoms with Gasteiger partial charge in [0.05, 0.1) is 14.2 Å². The Morgan fingerprint density at radius 1 is 0.917 bits per heavy atom. The fourth-order valence-electron chi connectivity index (χ4n) is 2.42. The molecule has 0 aliphatic carbocycles. The van der Waals surface area contributed by atoms with Crippen LogP contribution in [0.15, 0.2) is 48.5 Å². The summed E-state index contributed by atoms with van der Waals surface area (Å²) in [6.07, 6.45) is 0. The third kappa shape index (κ3) is 3.93. The average molecular weight is 329 g/mol. The molecule has 2 aromatic rings. The number of ether oxygens (including phenoxy) is 2. The second kappa shape index (κ2) is 7.95. The van der Waals surface area contributed by atoms with Crippen molar-refractivity contribution in [3.8, 4) is 11.5 Å². The summed E-state index contributed by atoms with van der Waals surface area (Å²) in [6.45, 7) is 3.66. The summed E-state index contributed by atoms with van der Waals surface area (Å²) in [5.74, 6) is 1.19. The number of benzene rings is 2. The molecule has 0 bridgehead atoms. The quantitative estimate of drug-likeness (QED) is 0.619. The van der Waals surface area contributed by atoms with Crippen LogP contribution in [0.4, 0.5) is 0 Å². The molecule has 1 atom stereocenters. The van der Waals surface area contributed by atoms with E-state index < -0.39 is 6.04 Å². The van der Waals surface area contributed by atoms with E-state index in [2.05, 4.69) is 0 Å². The van der Waals surface area contributed by atoms with Crippen molar-refractivity contribution >= 4 is 5.78 Å². The molecule has 5 heteroatoms. The van der Waals surface area contributed by atoms with Crippen LogP contribution in [0.3, 0.4) is 0 Å². The molecule has 1 N–H and O–H groups in total. The van der Waals surface area contributed by atoms with Gasteiger partial charge in [-0.25, -0.2) is 0 Å². The Labute approximate surface area is 142 Å². The molecule has 0 radical (unpaired) electrons. The van der Waals surface area contributed by atoms with Gasteiger partial charge >= 0.3 is 0 Å². The molecule has 2 rings (SSSR count). The number of nitrogens with zero attached hydrogens (tertiary/aromatic N) is 1. The molecule has 0 aromatic heterocycles. The van der Waals surface area contributed by atoms with Crippen molar-refractivity contribution in [1.82, 2.24) is 5.06 Å². The summed E-state index contributed by atoms with van der Waals surface area (Å²) in [5, 5.41) is 11.5. The monoisotopic (exact) mass is 329 g/mol. The second-order valence-electron chi connectivity index (χ2n) is 5.74. The van der Waals surface area contributed by atoms with Gasteiger partial charge in [-0.2, -0.15) is 5.06 Å². The summed E-state index contributed by atoms with van der Waals surface area (Å²) in [6, 6.07) is 13.0. The fourth-order valence-corrected chi connectivity index (χ4v) is 2.42. The molecular weight excluding hydrogens is 306 g/mol. The number of hydrogen-bond donors (Lipinski definition) is 1. The Balaban J connectivity index is 2.38. The van der Waals surface area contributed by atoms with Crippen molar-refractivity contribution in [1.29, 1.82) is 0 Å². The van der Waals surface area contributed by atoms with E-state index in [9.17, 15) is 10.0 Å². The summed E-state index contributed by atoms with van der Waals surface area (Å²) < 4.78 is 10.3. The number of methoxy groups -OCH3 is 2. The van der Waals surface area contributed by atoms with Gasteiger partial charge in [0, 0.05) is 11.6 Å². The lowest BCUT2D eigenvalue weighted by Crippen LogP contribution is -2.36. The van der Waals surface area contributed by atoms with Crippen molar-refractivity contribution in [2.24, 2.45) is 0 Å². The van der Waals surface area contributed by atoms with Gasteiger partial charge in [-0.05, 0) is 55.8 Å². The Morgan fingerprint density at radius 3 is 1.79 bits per heavy atom. The maximum absolute atomic E-state index is 13.0. The van der Waals surface area contributed by atoms with Crippen LogP contribution in [0.25, 0.3) is 0 Å². The minimum absolute atomic E-state index is 0.181. The number of ketones is 1. The zero-order chi connectivity index (χ0) is 17.7. The number of hydrogen-bond acceptors (Lipinski definition) is 5. The fraction of sp³-hybridized carbons (Fsp3) is 0.316. The molecule has 0 fully saturated rings. The third-order valence-electron chi connectivity index (χ3n) is 3.85. The van der Waals surface area contributed by atoms with Gasteiger partial charge in [0.25, 0.3) is 0 Å². The molecule has 0 aliphatic heterocycles. The van der Waals surface area contributed by atoms with Crippen LogP contribution in [0.1, 0.15) is 35.8 Å². The first-order valence-corrected chi connectivity index (χ1v) is 7.77. The van der Waals surface area contributed by atoms with E-state index in [1.165, 1.54) is 0 Å². The van der Waals surface area contributed by atoms with E-state index in [1.807, 2.05) is 13.8 Å². The van der Waals surface area contributed by atoms with E-state index in [4.69, 9.17) is 9.47 Å². The summed E-state index contributed by atoms with van der Waals surface area (Å²) >= 11 is 0. The highest BCUT2D eigenvalue weighted by Crippen LogP contribution is 2.28. The largest absolute Gasteiger partial charge is 0.497 e. The van der Waals surface area contributed by atoms with Gasteiger partial charge in [-0.1, -0.05) is 12.1 Å². The van der Waals surface area contributed by atoms with Crippen molar-refractivity contribution in [3.63, 3.8) is 0 Å². The van der Waals surface area contributed by atoms with Crippen LogP contribution in [-0.4, -0.2) is 36.3 Å². The summed E-state index contributed by atoms with van der Waals surface area (Å²) in [7, 11) is 3.16. The molecular formula is C19H23NO4. The highest BCUT2D eigenvalue weighted by atomic mass is 16.5. The first kappa shape index (κ1) is 18.0. The number of carbonyl (C=O) groups is 1. The highest BCUT2D eigenvalue weighted by Gasteiger charge is 2.29. The second-order valence-corrected chi connectivity index (χ2v) is 5.74. The molecule has 24 heavy (non-hydrogen) atoms. The predicted molar refractivity (Wildman–Crippen MR) is 91.8 cm³/mol. The van der Waals surface area contributed by atoms with Crippen LogP contribution >= 0.6 is 0 Å². The molecule has 0 spiro atoms. The molecule has 0 saturated carbocycles. The van der Waals surface area contributed by atoms with Crippen LogP contribution < -0.4 is 9.47 Å². The lowest BCUT2D eigenvalue weighted by Gasteiger charge is -2.28. The van der Waals surface area contributed by atoms with Gasteiger partial charge in [-0.3, -0.25) is 4.79 Å². The zero-order valence-corrected chi connectivity index (χ0v) is 14.4. The SMILES string of the molecule is COc1ccc(C(=O)C(c2ccc(OC)cc2)N(O)C(C)C)cc1. The lowest BCUT2D eigenvalue weighted by molar-refractivity contribution is -0.140. The van der Waals surface area contributed by atoms with E-state index in [1.54, 1.807) is 62.8 Å². The van der Waals surface area contributed by atoms with Gasteiger partial charge < -0.3 is 14.7 Å². The van der Waals surface area contributed by atoms with Gasteiger partial charge in [0.1, 0.15) is 17.5 Å². The van der Waals surface area contributed by atoms with Gasteiger partial charge in [-0.15, -0.1) is 0 Å². The number of Topliss-reactive ketones (excluding diaryl/α,β-unsaturated/α-hetero) is 1. The Hall–Kier alpha value is -2.37.